The number of hydrogen-bond donors (Lipinski definition) is 0. The zero-order valence-corrected chi connectivity index (χ0v) is 21.6. The van der Waals surface area contributed by atoms with E-state index < -0.39 is 18.4 Å². The molecule has 0 aliphatic carbocycles. The SMILES string of the molecule is CCC[CH2][Sn]([CH2]CCC)([CH2]CCC)[c]1cc2c(s1)C(=O)N(CCOC)CC2. The molecule has 0 fully saturated rings. The van der Waals surface area contributed by atoms with Gasteiger partial charge in [0.1, 0.15) is 0 Å². The molecular weight excluding hydrogens is 461 g/mol. The summed E-state index contributed by atoms with van der Waals surface area (Å²) in [5, 5.41) is 0. The van der Waals surface area contributed by atoms with Crippen molar-refractivity contribution in [2.45, 2.75) is 79.0 Å². The Morgan fingerprint density at radius 3 is 2.19 bits per heavy atom. The maximum atomic E-state index is 13.0. The van der Waals surface area contributed by atoms with Crippen LogP contribution in [-0.4, -0.2) is 56.0 Å². The van der Waals surface area contributed by atoms with Gasteiger partial charge < -0.3 is 0 Å². The first-order chi connectivity index (χ1) is 13.1. The zero-order chi connectivity index (χ0) is 19.7. The fraction of sp³-hybridized carbons (Fsp3) is 0.773. The number of thiophene rings is 1. The summed E-state index contributed by atoms with van der Waals surface area (Å²) in [6, 6.07) is 2.50. The average Bonchev–Trinajstić information content (AvgIpc) is 3.13. The Morgan fingerprint density at radius 2 is 1.67 bits per heavy atom. The molecule has 1 aliphatic heterocycles. The van der Waals surface area contributed by atoms with Crippen LogP contribution in [0.4, 0.5) is 0 Å². The van der Waals surface area contributed by atoms with E-state index in [1.807, 2.05) is 16.2 Å². The van der Waals surface area contributed by atoms with Crippen LogP contribution in [0.15, 0.2) is 6.07 Å². The quantitative estimate of drug-likeness (QED) is 0.338. The Labute approximate surface area is 174 Å². The van der Waals surface area contributed by atoms with Gasteiger partial charge in [0.2, 0.25) is 0 Å². The van der Waals surface area contributed by atoms with Crippen molar-refractivity contribution in [1.82, 2.24) is 4.90 Å². The molecule has 0 saturated heterocycles. The Balaban J connectivity index is 2.31. The molecule has 1 aromatic rings. The standard InChI is InChI=1S/C10H12NO2S.3C4H9.Sn/c1-13-6-5-11-4-2-8-3-7-14-9(8)10(11)12;3*1-3-4-2;/h3H,2,4-6H2,1H3;3*1,3-4H2,2H3;. The predicted octanol–water partition coefficient (Wildman–Crippen LogP) is 5.45. The van der Waals surface area contributed by atoms with Crippen LogP contribution < -0.4 is 2.89 Å². The van der Waals surface area contributed by atoms with Crippen molar-refractivity contribution in [1.29, 1.82) is 0 Å². The van der Waals surface area contributed by atoms with Crippen molar-refractivity contribution >= 4 is 38.5 Å². The van der Waals surface area contributed by atoms with E-state index in [1.54, 1.807) is 10.0 Å². The Hall–Kier alpha value is -0.0713. The molecule has 3 nitrogen and oxygen atoms in total. The van der Waals surface area contributed by atoms with Gasteiger partial charge in [-0.3, -0.25) is 0 Å². The molecule has 1 aromatic heterocycles. The van der Waals surface area contributed by atoms with Gasteiger partial charge in [-0.1, -0.05) is 0 Å². The maximum absolute atomic E-state index is 13.0. The van der Waals surface area contributed by atoms with E-state index in [1.165, 1.54) is 57.4 Å². The van der Waals surface area contributed by atoms with E-state index in [-0.39, 0.29) is 5.91 Å². The topological polar surface area (TPSA) is 29.5 Å². The molecule has 27 heavy (non-hydrogen) atoms. The van der Waals surface area contributed by atoms with Gasteiger partial charge in [0, 0.05) is 0 Å². The van der Waals surface area contributed by atoms with E-state index in [4.69, 9.17) is 4.74 Å². The molecule has 2 rings (SSSR count). The normalized spacial score (nSPS) is 14.7. The van der Waals surface area contributed by atoms with Crippen molar-refractivity contribution in [3.63, 3.8) is 0 Å². The minimum atomic E-state index is -2.42. The number of methoxy groups -OCH3 is 1. The number of amides is 1. The molecule has 2 heterocycles. The molecule has 0 spiro atoms. The first-order valence-electron chi connectivity index (χ1n) is 11.0. The molecule has 0 bridgehead atoms. The number of carbonyl (C=O) groups excluding carboxylic acids is 1. The summed E-state index contributed by atoms with van der Waals surface area (Å²) in [5.41, 5.74) is 1.35. The number of nitrogens with zero attached hydrogens (tertiary/aromatic N) is 1. The van der Waals surface area contributed by atoms with Gasteiger partial charge in [0.05, 0.1) is 0 Å². The van der Waals surface area contributed by atoms with Crippen molar-refractivity contribution in [2.24, 2.45) is 0 Å². The Kier molecular flexibility index (Phi) is 10.2. The van der Waals surface area contributed by atoms with Crippen LogP contribution in [0.2, 0.25) is 13.3 Å². The molecule has 5 heteroatoms. The summed E-state index contributed by atoms with van der Waals surface area (Å²) in [4.78, 5) is 16.1. The van der Waals surface area contributed by atoms with Gasteiger partial charge in [-0.15, -0.1) is 0 Å². The molecule has 0 radical (unpaired) electrons. The second-order valence-electron chi connectivity index (χ2n) is 8.09. The zero-order valence-electron chi connectivity index (χ0n) is 17.9. The first-order valence-corrected chi connectivity index (χ1v) is 19.3. The summed E-state index contributed by atoms with van der Waals surface area (Å²) in [5.74, 6) is 0.256. The molecule has 0 atom stereocenters. The number of hydrogen-bond acceptors (Lipinski definition) is 3. The minimum absolute atomic E-state index is 0.256. The average molecular weight is 500 g/mol. The van der Waals surface area contributed by atoms with Gasteiger partial charge in [-0.25, -0.2) is 0 Å². The van der Waals surface area contributed by atoms with Crippen LogP contribution in [-0.2, 0) is 11.2 Å². The second-order valence-corrected chi connectivity index (χ2v) is 23.3. The van der Waals surface area contributed by atoms with Crippen molar-refractivity contribution in [3.05, 3.63) is 16.5 Å². The van der Waals surface area contributed by atoms with Crippen LogP contribution in [0, 0.1) is 0 Å². The van der Waals surface area contributed by atoms with Crippen LogP contribution in [0.25, 0.3) is 0 Å². The fourth-order valence-corrected chi connectivity index (χ4v) is 24.6. The third-order valence-electron chi connectivity index (χ3n) is 6.06. The molecule has 0 aromatic carbocycles. The number of carbonyl (C=O) groups is 1. The van der Waals surface area contributed by atoms with Crippen LogP contribution >= 0.6 is 11.3 Å². The Morgan fingerprint density at radius 1 is 1.07 bits per heavy atom. The van der Waals surface area contributed by atoms with E-state index in [0.29, 0.717) is 6.61 Å². The molecule has 1 aliphatic rings. The number of ether oxygens (including phenoxy) is 1. The van der Waals surface area contributed by atoms with E-state index in [9.17, 15) is 4.79 Å². The summed E-state index contributed by atoms with van der Waals surface area (Å²) in [6.07, 6.45) is 9.04. The predicted molar refractivity (Wildman–Crippen MR) is 120 cm³/mol. The summed E-state index contributed by atoms with van der Waals surface area (Å²) >= 11 is -0.517. The molecule has 0 saturated carbocycles. The van der Waals surface area contributed by atoms with Crippen LogP contribution in [0.3, 0.4) is 0 Å². The van der Waals surface area contributed by atoms with E-state index in [2.05, 4.69) is 26.8 Å². The van der Waals surface area contributed by atoms with Gasteiger partial charge in [-0.05, 0) is 0 Å². The summed E-state index contributed by atoms with van der Waals surface area (Å²) < 4.78 is 11.3. The first kappa shape index (κ1) is 23.2. The van der Waals surface area contributed by atoms with Crippen molar-refractivity contribution in [2.75, 3.05) is 26.8 Å². The molecular formula is C22H39NO2SSn. The van der Waals surface area contributed by atoms with Crippen LogP contribution in [0.5, 0.6) is 0 Å². The third-order valence-corrected chi connectivity index (χ3v) is 25.4. The summed E-state index contributed by atoms with van der Waals surface area (Å²) in [7, 11) is 1.71. The fourth-order valence-electron chi connectivity index (χ4n) is 4.26. The number of fused-ring (bicyclic) bond motifs is 1. The second kappa shape index (κ2) is 11.8. The van der Waals surface area contributed by atoms with E-state index >= 15 is 0 Å². The molecule has 1 amide bonds. The van der Waals surface area contributed by atoms with Crippen LogP contribution in [0.1, 0.15) is 74.5 Å². The van der Waals surface area contributed by atoms with Crippen molar-refractivity contribution < 1.29 is 9.53 Å². The molecule has 0 unspecified atom stereocenters. The van der Waals surface area contributed by atoms with E-state index in [0.717, 1.165) is 24.4 Å². The van der Waals surface area contributed by atoms with Crippen molar-refractivity contribution in [3.8, 4) is 0 Å². The van der Waals surface area contributed by atoms with Gasteiger partial charge in [0.25, 0.3) is 0 Å². The third kappa shape index (κ3) is 5.96. The molecule has 154 valence electrons. The molecule has 0 N–H and O–H groups in total. The van der Waals surface area contributed by atoms with Gasteiger partial charge >= 0.3 is 175 Å². The number of unbranched alkanes of at least 4 members (excludes halogenated alkanes) is 3. The van der Waals surface area contributed by atoms with Gasteiger partial charge in [-0.2, -0.15) is 0 Å². The number of rotatable bonds is 13. The van der Waals surface area contributed by atoms with Gasteiger partial charge in [0.15, 0.2) is 0 Å². The Bertz CT molecular complexity index is 565. The monoisotopic (exact) mass is 501 g/mol. The summed E-state index contributed by atoms with van der Waals surface area (Å²) in [6.45, 7) is 9.18.